The summed E-state index contributed by atoms with van der Waals surface area (Å²) in [7, 11) is 0. The molecule has 2 aliphatic rings. The molecule has 2 saturated heterocycles. The Balaban J connectivity index is 1.79. The fourth-order valence-electron chi connectivity index (χ4n) is 3.52. The van der Waals surface area contributed by atoms with Crippen molar-refractivity contribution in [1.29, 1.82) is 0 Å². The number of hydrogen-bond acceptors (Lipinski definition) is 3. The summed E-state index contributed by atoms with van der Waals surface area (Å²) in [6.07, 6.45) is 2.36. The third-order valence-electron chi connectivity index (χ3n) is 5.11. The Kier molecular flexibility index (Phi) is 4.11. The second-order valence-electron chi connectivity index (χ2n) is 6.36. The fourth-order valence-corrected chi connectivity index (χ4v) is 3.52. The first-order valence-electron chi connectivity index (χ1n) is 7.86. The predicted octanol–water partition coefficient (Wildman–Crippen LogP) is 2.59. The first-order valence-corrected chi connectivity index (χ1v) is 7.86. The Morgan fingerprint density at radius 2 is 2.15 bits per heavy atom. The Morgan fingerprint density at radius 3 is 2.80 bits per heavy atom. The summed E-state index contributed by atoms with van der Waals surface area (Å²) >= 11 is 0. The molecule has 2 heterocycles. The quantitative estimate of drug-likeness (QED) is 0.917. The van der Waals surface area contributed by atoms with Crippen LogP contribution in [0.15, 0.2) is 30.3 Å². The van der Waals surface area contributed by atoms with Crippen molar-refractivity contribution in [3.8, 4) is 0 Å². The van der Waals surface area contributed by atoms with Crippen LogP contribution in [-0.4, -0.2) is 42.8 Å². The molecule has 2 fully saturated rings. The van der Waals surface area contributed by atoms with Gasteiger partial charge in [0.15, 0.2) is 0 Å². The largest absolute Gasteiger partial charge is 0.380 e. The van der Waals surface area contributed by atoms with E-state index in [2.05, 4.69) is 54.4 Å². The number of hydrogen-bond donors (Lipinski definition) is 1. The second-order valence-corrected chi connectivity index (χ2v) is 6.36. The smallest absolute Gasteiger partial charge is 0.0622 e. The maximum atomic E-state index is 5.63. The Labute approximate surface area is 122 Å². The van der Waals surface area contributed by atoms with Gasteiger partial charge >= 0.3 is 0 Å². The molecule has 0 amide bonds. The maximum absolute atomic E-state index is 5.63. The lowest BCUT2D eigenvalue weighted by molar-refractivity contribution is 0.00579. The molecule has 20 heavy (non-hydrogen) atoms. The Morgan fingerprint density at radius 1 is 1.35 bits per heavy atom. The molecular weight excluding hydrogens is 248 g/mol. The normalized spacial score (nSPS) is 35.3. The van der Waals surface area contributed by atoms with Gasteiger partial charge in [-0.25, -0.2) is 0 Å². The van der Waals surface area contributed by atoms with Crippen LogP contribution < -0.4 is 5.32 Å². The van der Waals surface area contributed by atoms with Crippen molar-refractivity contribution in [3.63, 3.8) is 0 Å². The van der Waals surface area contributed by atoms with Gasteiger partial charge in [0.05, 0.1) is 6.61 Å². The molecule has 3 unspecified atom stereocenters. The molecule has 0 spiro atoms. The van der Waals surface area contributed by atoms with Crippen LogP contribution in [0.2, 0.25) is 0 Å². The van der Waals surface area contributed by atoms with Crippen LogP contribution in [0.5, 0.6) is 0 Å². The van der Waals surface area contributed by atoms with Gasteiger partial charge in [0.1, 0.15) is 0 Å². The first kappa shape index (κ1) is 14.1. The van der Waals surface area contributed by atoms with E-state index in [0.717, 1.165) is 26.3 Å². The lowest BCUT2D eigenvalue weighted by atomic mass is 9.88. The number of ether oxygens (including phenoxy) is 1. The van der Waals surface area contributed by atoms with E-state index < -0.39 is 0 Å². The van der Waals surface area contributed by atoms with Crippen LogP contribution in [0, 0.1) is 0 Å². The molecular formula is C17H26N2O. The van der Waals surface area contributed by atoms with E-state index in [1.165, 1.54) is 18.4 Å². The van der Waals surface area contributed by atoms with Gasteiger partial charge in [-0.2, -0.15) is 0 Å². The Bertz CT molecular complexity index is 430. The highest BCUT2D eigenvalue weighted by molar-refractivity contribution is 5.21. The summed E-state index contributed by atoms with van der Waals surface area (Å²) in [5.74, 6) is 0. The van der Waals surface area contributed by atoms with E-state index in [9.17, 15) is 0 Å². The molecule has 3 heteroatoms. The van der Waals surface area contributed by atoms with Crippen molar-refractivity contribution in [2.45, 2.75) is 44.3 Å². The maximum Gasteiger partial charge on any atom is 0.0622 e. The zero-order chi connectivity index (χ0) is 14.0. The minimum absolute atomic E-state index is 0.254. The monoisotopic (exact) mass is 274 g/mol. The van der Waals surface area contributed by atoms with Gasteiger partial charge in [-0.1, -0.05) is 37.3 Å². The van der Waals surface area contributed by atoms with Crippen LogP contribution in [0.1, 0.15) is 38.3 Å². The van der Waals surface area contributed by atoms with E-state index in [-0.39, 0.29) is 5.54 Å². The predicted molar refractivity (Wildman–Crippen MR) is 81.8 cm³/mol. The molecule has 0 aliphatic carbocycles. The van der Waals surface area contributed by atoms with Crippen molar-refractivity contribution in [1.82, 2.24) is 10.2 Å². The minimum atomic E-state index is 0.254. The van der Waals surface area contributed by atoms with Crippen LogP contribution in [0.4, 0.5) is 0 Å². The number of benzene rings is 1. The summed E-state index contributed by atoms with van der Waals surface area (Å²) in [6, 6.07) is 11.8. The standard InChI is InChI=1S/C17H26N2O/c1-3-17(2)13-18-16(14-7-5-4-6-8-14)11-19(17)15-9-10-20-12-15/h4-8,15-16,18H,3,9-13H2,1-2H3. The van der Waals surface area contributed by atoms with Gasteiger partial charge in [0, 0.05) is 37.3 Å². The summed E-state index contributed by atoms with van der Waals surface area (Å²) < 4.78 is 5.63. The van der Waals surface area contributed by atoms with Crippen molar-refractivity contribution >= 4 is 0 Å². The average Bonchev–Trinajstić information content (AvgIpc) is 3.02. The van der Waals surface area contributed by atoms with Crippen LogP contribution >= 0.6 is 0 Å². The molecule has 3 nitrogen and oxygen atoms in total. The van der Waals surface area contributed by atoms with Crippen LogP contribution in [0.25, 0.3) is 0 Å². The molecule has 1 aromatic carbocycles. The van der Waals surface area contributed by atoms with Gasteiger partial charge in [-0.15, -0.1) is 0 Å². The van der Waals surface area contributed by atoms with Crippen molar-refractivity contribution in [3.05, 3.63) is 35.9 Å². The van der Waals surface area contributed by atoms with Gasteiger partial charge in [-0.3, -0.25) is 4.90 Å². The van der Waals surface area contributed by atoms with E-state index in [0.29, 0.717) is 12.1 Å². The number of rotatable bonds is 3. The third kappa shape index (κ3) is 2.62. The molecule has 3 rings (SSSR count). The van der Waals surface area contributed by atoms with E-state index >= 15 is 0 Å². The fraction of sp³-hybridized carbons (Fsp3) is 0.647. The van der Waals surface area contributed by atoms with E-state index in [1.807, 2.05) is 0 Å². The van der Waals surface area contributed by atoms with E-state index in [4.69, 9.17) is 4.74 Å². The molecule has 3 atom stereocenters. The van der Waals surface area contributed by atoms with Crippen molar-refractivity contribution in [2.75, 3.05) is 26.3 Å². The molecule has 0 radical (unpaired) electrons. The molecule has 0 saturated carbocycles. The summed E-state index contributed by atoms with van der Waals surface area (Å²) in [6.45, 7) is 8.65. The first-order chi connectivity index (χ1) is 9.73. The zero-order valence-electron chi connectivity index (χ0n) is 12.6. The highest BCUT2D eigenvalue weighted by atomic mass is 16.5. The lowest BCUT2D eigenvalue weighted by Crippen LogP contribution is -2.63. The number of nitrogens with zero attached hydrogens (tertiary/aromatic N) is 1. The van der Waals surface area contributed by atoms with Gasteiger partial charge in [0.2, 0.25) is 0 Å². The van der Waals surface area contributed by atoms with Crippen LogP contribution in [-0.2, 0) is 4.74 Å². The molecule has 2 aliphatic heterocycles. The summed E-state index contributed by atoms with van der Waals surface area (Å²) in [5, 5.41) is 3.75. The second kappa shape index (κ2) is 5.84. The third-order valence-corrected chi connectivity index (χ3v) is 5.11. The number of nitrogens with one attached hydrogen (secondary N) is 1. The average molecular weight is 274 g/mol. The zero-order valence-corrected chi connectivity index (χ0v) is 12.6. The molecule has 1 N–H and O–H groups in total. The molecule has 0 aromatic heterocycles. The Hall–Kier alpha value is -0.900. The lowest BCUT2D eigenvalue weighted by Gasteiger charge is -2.50. The summed E-state index contributed by atoms with van der Waals surface area (Å²) in [4.78, 5) is 2.70. The van der Waals surface area contributed by atoms with Crippen molar-refractivity contribution in [2.24, 2.45) is 0 Å². The van der Waals surface area contributed by atoms with Gasteiger partial charge in [-0.05, 0) is 25.3 Å². The van der Waals surface area contributed by atoms with Crippen molar-refractivity contribution < 1.29 is 4.74 Å². The number of piperazine rings is 1. The molecule has 110 valence electrons. The topological polar surface area (TPSA) is 24.5 Å². The van der Waals surface area contributed by atoms with E-state index in [1.54, 1.807) is 0 Å². The highest BCUT2D eigenvalue weighted by Crippen LogP contribution is 2.32. The SMILES string of the molecule is CCC1(C)CNC(c2ccccc2)CN1C1CCOC1. The van der Waals surface area contributed by atoms with Crippen LogP contribution in [0.3, 0.4) is 0 Å². The molecule has 1 aromatic rings. The highest BCUT2D eigenvalue weighted by Gasteiger charge is 2.41. The summed E-state index contributed by atoms with van der Waals surface area (Å²) in [5.41, 5.74) is 1.65. The minimum Gasteiger partial charge on any atom is -0.380 e. The molecule has 0 bridgehead atoms. The van der Waals surface area contributed by atoms with Gasteiger partial charge < -0.3 is 10.1 Å². The van der Waals surface area contributed by atoms with Gasteiger partial charge in [0.25, 0.3) is 0 Å².